The Kier molecular flexibility index (Phi) is 7.52. The van der Waals surface area contributed by atoms with Crippen molar-refractivity contribution in [1.29, 1.82) is 0 Å². The second-order valence-corrected chi connectivity index (χ2v) is 8.65. The molecule has 0 spiro atoms. The van der Waals surface area contributed by atoms with E-state index < -0.39 is 0 Å². The van der Waals surface area contributed by atoms with E-state index in [-0.39, 0.29) is 5.91 Å². The van der Waals surface area contributed by atoms with Crippen LogP contribution in [0.4, 0.5) is 0 Å². The lowest BCUT2D eigenvalue weighted by Crippen LogP contribution is -2.27. The van der Waals surface area contributed by atoms with Crippen molar-refractivity contribution in [3.8, 4) is 11.5 Å². The Balaban J connectivity index is 1.87. The number of amides is 1. The molecule has 0 unspecified atom stereocenters. The number of thioether (sulfide) groups is 1. The van der Waals surface area contributed by atoms with Crippen LogP contribution in [0.5, 0.6) is 11.5 Å². The Morgan fingerprint density at radius 1 is 1.24 bits per heavy atom. The zero-order valence-corrected chi connectivity index (χ0v) is 19.1. The Labute approximate surface area is 188 Å². The molecule has 7 heteroatoms. The lowest BCUT2D eigenvalue weighted by molar-refractivity contribution is -0.121. The molecule has 0 bridgehead atoms. The number of nitrogens with zero attached hydrogens (tertiary/aromatic N) is 1. The van der Waals surface area contributed by atoms with E-state index in [1.807, 2.05) is 55.5 Å². The number of ether oxygens (including phenoxy) is 2. The Hall–Kier alpha value is -2.09. The van der Waals surface area contributed by atoms with Crippen molar-refractivity contribution >= 4 is 56.2 Å². The van der Waals surface area contributed by atoms with Gasteiger partial charge in [0.15, 0.2) is 11.5 Å². The molecule has 150 valence electrons. The normalized spacial score (nSPS) is 15.1. The number of carbonyl (C=O) groups excluding carboxylic acids is 1. The topological polar surface area (TPSA) is 38.8 Å². The van der Waals surface area contributed by atoms with Gasteiger partial charge in [0, 0.05) is 6.54 Å². The van der Waals surface area contributed by atoms with Crippen molar-refractivity contribution in [2.24, 2.45) is 0 Å². The number of thiocarbonyl (C=S) groups is 1. The van der Waals surface area contributed by atoms with Gasteiger partial charge in [-0.25, -0.2) is 0 Å². The summed E-state index contributed by atoms with van der Waals surface area (Å²) in [5.74, 6) is 1.14. The molecule has 0 radical (unpaired) electrons. The van der Waals surface area contributed by atoms with Crippen molar-refractivity contribution in [2.45, 2.75) is 13.5 Å². The molecule has 1 saturated heterocycles. The molecule has 0 atom stereocenters. The van der Waals surface area contributed by atoms with Crippen LogP contribution in [0.3, 0.4) is 0 Å². The smallest absolute Gasteiger partial charge is 0.266 e. The lowest BCUT2D eigenvalue weighted by Gasteiger charge is -2.15. The van der Waals surface area contributed by atoms with Crippen LogP contribution in [-0.4, -0.2) is 28.3 Å². The van der Waals surface area contributed by atoms with Gasteiger partial charge in [0.25, 0.3) is 5.91 Å². The highest BCUT2D eigenvalue weighted by Crippen LogP contribution is 2.39. The second-order valence-electron chi connectivity index (χ2n) is 6.12. The third-order valence-electron chi connectivity index (χ3n) is 4.04. The highest BCUT2D eigenvalue weighted by molar-refractivity contribution is 9.10. The highest BCUT2D eigenvalue weighted by atomic mass is 79.9. The maximum atomic E-state index is 12.6. The zero-order valence-electron chi connectivity index (χ0n) is 15.9. The third-order valence-corrected chi connectivity index (χ3v) is 6.01. The van der Waals surface area contributed by atoms with Gasteiger partial charge in [-0.1, -0.05) is 60.4 Å². The van der Waals surface area contributed by atoms with Crippen LogP contribution in [0, 0.1) is 0 Å². The van der Waals surface area contributed by atoms with Gasteiger partial charge < -0.3 is 9.47 Å². The number of rotatable bonds is 8. The molecule has 1 heterocycles. The molecule has 2 aromatic rings. The van der Waals surface area contributed by atoms with Crippen LogP contribution in [0.2, 0.25) is 0 Å². The van der Waals surface area contributed by atoms with Crippen LogP contribution >= 0.6 is 39.9 Å². The lowest BCUT2D eigenvalue weighted by atomic mass is 10.1. The molecule has 1 aliphatic rings. The van der Waals surface area contributed by atoms with E-state index in [9.17, 15) is 4.79 Å². The first-order valence-corrected chi connectivity index (χ1v) is 11.0. The minimum atomic E-state index is -0.113. The number of hydrogen-bond donors (Lipinski definition) is 0. The standard InChI is InChI=1S/C22H20BrNO3S2/c1-3-10-24-21(25)19(29-22(24)28)13-16-11-17(23)20(18(12-16)26-4-2)27-14-15-8-6-5-7-9-15/h3,5-9,11-13H,1,4,10,14H2,2H3. The first-order chi connectivity index (χ1) is 14.0. The third kappa shape index (κ3) is 5.29. The second kappa shape index (κ2) is 10.1. The van der Waals surface area contributed by atoms with E-state index in [1.165, 1.54) is 16.7 Å². The van der Waals surface area contributed by atoms with Gasteiger partial charge in [-0.2, -0.15) is 0 Å². The van der Waals surface area contributed by atoms with Crippen LogP contribution in [0.15, 0.2) is 64.5 Å². The molecule has 0 saturated carbocycles. The number of hydrogen-bond acceptors (Lipinski definition) is 5. The van der Waals surface area contributed by atoms with E-state index >= 15 is 0 Å². The average molecular weight is 490 g/mol. The van der Waals surface area contributed by atoms with E-state index in [2.05, 4.69) is 22.5 Å². The van der Waals surface area contributed by atoms with Gasteiger partial charge >= 0.3 is 0 Å². The molecule has 0 aromatic heterocycles. The summed E-state index contributed by atoms with van der Waals surface area (Å²) < 4.78 is 13.1. The maximum Gasteiger partial charge on any atom is 0.266 e. The van der Waals surface area contributed by atoms with Crippen molar-refractivity contribution in [2.75, 3.05) is 13.2 Å². The Morgan fingerprint density at radius 2 is 2.00 bits per heavy atom. The Bertz CT molecular complexity index is 960. The minimum Gasteiger partial charge on any atom is -0.490 e. The first kappa shape index (κ1) is 21.6. The molecule has 29 heavy (non-hydrogen) atoms. The predicted octanol–water partition coefficient (Wildman–Crippen LogP) is 5.81. The van der Waals surface area contributed by atoms with E-state index in [0.717, 1.165) is 15.6 Å². The average Bonchev–Trinajstić information content (AvgIpc) is 2.96. The largest absolute Gasteiger partial charge is 0.490 e. The summed E-state index contributed by atoms with van der Waals surface area (Å²) in [6.07, 6.45) is 3.48. The highest BCUT2D eigenvalue weighted by Gasteiger charge is 2.31. The fourth-order valence-corrected chi connectivity index (χ4v) is 4.59. The van der Waals surface area contributed by atoms with Crippen LogP contribution < -0.4 is 9.47 Å². The van der Waals surface area contributed by atoms with Gasteiger partial charge in [-0.15, -0.1) is 6.58 Å². The summed E-state index contributed by atoms with van der Waals surface area (Å²) in [7, 11) is 0. The molecule has 1 aliphatic heterocycles. The van der Waals surface area contributed by atoms with Crippen molar-refractivity contribution < 1.29 is 14.3 Å². The van der Waals surface area contributed by atoms with Crippen molar-refractivity contribution in [1.82, 2.24) is 4.90 Å². The summed E-state index contributed by atoms with van der Waals surface area (Å²) >= 11 is 10.2. The van der Waals surface area contributed by atoms with Gasteiger partial charge in [-0.3, -0.25) is 9.69 Å². The summed E-state index contributed by atoms with van der Waals surface area (Å²) in [6, 6.07) is 13.7. The summed E-state index contributed by atoms with van der Waals surface area (Å²) in [5, 5.41) is 0. The summed E-state index contributed by atoms with van der Waals surface area (Å²) in [4.78, 5) is 14.7. The van der Waals surface area contributed by atoms with Crippen LogP contribution in [0.25, 0.3) is 6.08 Å². The minimum absolute atomic E-state index is 0.113. The predicted molar refractivity (Wildman–Crippen MR) is 126 cm³/mol. The Morgan fingerprint density at radius 3 is 2.69 bits per heavy atom. The number of halogens is 1. The van der Waals surface area contributed by atoms with Crippen molar-refractivity contribution in [3.63, 3.8) is 0 Å². The first-order valence-electron chi connectivity index (χ1n) is 9.02. The zero-order chi connectivity index (χ0) is 20.8. The van der Waals surface area contributed by atoms with Crippen LogP contribution in [-0.2, 0) is 11.4 Å². The van der Waals surface area contributed by atoms with Gasteiger partial charge in [0.05, 0.1) is 16.0 Å². The monoisotopic (exact) mass is 489 g/mol. The van der Waals surface area contributed by atoms with Gasteiger partial charge in [0.1, 0.15) is 10.9 Å². The van der Waals surface area contributed by atoms with E-state index in [4.69, 9.17) is 21.7 Å². The van der Waals surface area contributed by atoms with Gasteiger partial charge in [-0.05, 0) is 52.2 Å². The fourth-order valence-electron chi connectivity index (χ4n) is 2.74. The fraction of sp³-hybridized carbons (Fsp3) is 0.182. The number of carbonyl (C=O) groups is 1. The molecule has 0 N–H and O–H groups in total. The molecule has 4 nitrogen and oxygen atoms in total. The SMILES string of the molecule is C=CCN1C(=O)C(=Cc2cc(Br)c(OCc3ccccc3)c(OCC)c2)SC1=S. The maximum absolute atomic E-state index is 12.6. The van der Waals surface area contributed by atoms with E-state index in [0.29, 0.717) is 40.5 Å². The molecule has 3 rings (SSSR count). The molecule has 1 fully saturated rings. The van der Waals surface area contributed by atoms with E-state index in [1.54, 1.807) is 6.08 Å². The molecule has 2 aromatic carbocycles. The summed E-state index contributed by atoms with van der Waals surface area (Å²) in [5.41, 5.74) is 1.89. The molecular weight excluding hydrogens is 470 g/mol. The van der Waals surface area contributed by atoms with Crippen LogP contribution in [0.1, 0.15) is 18.1 Å². The van der Waals surface area contributed by atoms with Gasteiger partial charge in [0.2, 0.25) is 0 Å². The molecular formula is C22H20BrNO3S2. The number of benzene rings is 2. The molecule has 1 amide bonds. The van der Waals surface area contributed by atoms with Crippen molar-refractivity contribution in [3.05, 3.63) is 75.6 Å². The summed E-state index contributed by atoms with van der Waals surface area (Å²) in [6.45, 7) is 6.93. The molecule has 0 aliphatic carbocycles. The quantitative estimate of drug-likeness (QED) is 0.265.